The molecule has 1 aliphatic rings. The summed E-state index contributed by atoms with van der Waals surface area (Å²) in [6.45, 7) is 1.80. The Hall–Kier alpha value is -3.25. The number of amides is 1. The van der Waals surface area contributed by atoms with Gasteiger partial charge in [0.1, 0.15) is 6.54 Å². The van der Waals surface area contributed by atoms with E-state index in [-0.39, 0.29) is 12.5 Å². The molecule has 1 aliphatic heterocycles. The average Bonchev–Trinajstić information content (AvgIpc) is 2.75. The van der Waals surface area contributed by atoms with Crippen LogP contribution in [-0.4, -0.2) is 37.1 Å². The van der Waals surface area contributed by atoms with Gasteiger partial charge in [-0.3, -0.25) is 9.78 Å². The molecule has 1 aromatic heterocycles. The number of nitrogens with zero attached hydrogens (tertiary/aromatic N) is 1. The number of pyridine rings is 1. The van der Waals surface area contributed by atoms with E-state index in [0.717, 1.165) is 47.2 Å². The van der Waals surface area contributed by atoms with Gasteiger partial charge in [-0.1, -0.05) is 48.5 Å². The number of esters is 1. The second-order valence-electron chi connectivity index (χ2n) is 7.40. The number of quaternary nitrogens is 1. The van der Waals surface area contributed by atoms with E-state index in [9.17, 15) is 9.59 Å². The summed E-state index contributed by atoms with van der Waals surface area (Å²) in [6.07, 6.45) is 0.823. The predicted molar refractivity (Wildman–Crippen MR) is 109 cm³/mol. The number of fused-ring (bicyclic) bond motifs is 2. The van der Waals surface area contributed by atoms with Gasteiger partial charge in [0.05, 0.1) is 30.4 Å². The molecule has 2 aromatic carbocycles. The molecular weight excluding hydrogens is 366 g/mol. The van der Waals surface area contributed by atoms with E-state index in [2.05, 4.69) is 12.4 Å². The summed E-state index contributed by atoms with van der Waals surface area (Å²) in [7, 11) is 2.10. The summed E-state index contributed by atoms with van der Waals surface area (Å²) in [5, 5.41) is 3.55. The Bertz CT molecular complexity index is 1050. The number of hydrogen-bond donors (Lipinski definition) is 2. The van der Waals surface area contributed by atoms with Crippen molar-refractivity contribution in [1.82, 2.24) is 10.3 Å². The maximum atomic E-state index is 13.0. The zero-order chi connectivity index (χ0) is 20.2. The van der Waals surface area contributed by atoms with Crippen LogP contribution in [0.5, 0.6) is 0 Å². The van der Waals surface area contributed by atoms with E-state index in [0.29, 0.717) is 12.1 Å². The molecule has 0 aliphatic carbocycles. The summed E-state index contributed by atoms with van der Waals surface area (Å²) >= 11 is 0. The SMILES string of the molecule is C[NH+]1CCc2nc3ccccc3c(C(=O)OCC(=O)NCc3ccccc3)c2C1. The highest BCUT2D eigenvalue weighted by atomic mass is 16.5. The summed E-state index contributed by atoms with van der Waals surface area (Å²) in [5.41, 5.74) is 4.20. The number of aromatic nitrogens is 1. The molecule has 0 saturated heterocycles. The van der Waals surface area contributed by atoms with Gasteiger partial charge in [0.15, 0.2) is 6.61 Å². The number of benzene rings is 2. The molecule has 148 valence electrons. The van der Waals surface area contributed by atoms with Crippen molar-refractivity contribution in [2.24, 2.45) is 0 Å². The van der Waals surface area contributed by atoms with Gasteiger partial charge in [0.2, 0.25) is 0 Å². The van der Waals surface area contributed by atoms with Crippen molar-refractivity contribution in [2.45, 2.75) is 19.5 Å². The van der Waals surface area contributed by atoms with Crippen molar-refractivity contribution in [1.29, 1.82) is 0 Å². The monoisotopic (exact) mass is 390 g/mol. The predicted octanol–water partition coefficient (Wildman–Crippen LogP) is 1.28. The summed E-state index contributed by atoms with van der Waals surface area (Å²) in [5.74, 6) is -0.790. The van der Waals surface area contributed by atoms with E-state index < -0.39 is 5.97 Å². The van der Waals surface area contributed by atoms with Crippen LogP contribution in [0.25, 0.3) is 10.9 Å². The Morgan fingerprint density at radius 2 is 1.86 bits per heavy atom. The molecule has 1 atom stereocenters. The first kappa shape index (κ1) is 19.1. The molecule has 0 bridgehead atoms. The minimum absolute atomic E-state index is 0.306. The van der Waals surface area contributed by atoms with E-state index in [1.54, 1.807) is 0 Å². The lowest BCUT2D eigenvalue weighted by Crippen LogP contribution is -3.08. The Balaban J connectivity index is 1.51. The van der Waals surface area contributed by atoms with Crippen molar-refractivity contribution in [3.8, 4) is 0 Å². The lowest BCUT2D eigenvalue weighted by molar-refractivity contribution is -0.895. The van der Waals surface area contributed by atoms with Crippen LogP contribution in [-0.2, 0) is 29.0 Å². The molecule has 1 amide bonds. The highest BCUT2D eigenvalue weighted by Gasteiger charge is 2.27. The molecule has 2 heterocycles. The number of ether oxygens (including phenoxy) is 1. The number of rotatable bonds is 5. The van der Waals surface area contributed by atoms with E-state index in [4.69, 9.17) is 9.72 Å². The minimum atomic E-state index is -0.468. The molecule has 6 nitrogen and oxygen atoms in total. The molecule has 3 aromatic rings. The van der Waals surface area contributed by atoms with Gasteiger partial charge in [-0.05, 0) is 11.6 Å². The number of nitrogens with one attached hydrogen (secondary N) is 2. The van der Waals surface area contributed by atoms with Crippen LogP contribution in [0, 0.1) is 0 Å². The van der Waals surface area contributed by atoms with Gasteiger partial charge in [0, 0.05) is 23.9 Å². The topological polar surface area (TPSA) is 72.7 Å². The number of carbonyl (C=O) groups excluding carboxylic acids is 2. The Labute approximate surface area is 169 Å². The standard InChI is InChI=1S/C23H23N3O3/c1-26-12-11-20-18(14-26)22(17-9-5-6-10-19(17)25-20)23(28)29-15-21(27)24-13-16-7-3-2-4-8-16/h2-10H,11-15H2,1H3,(H,24,27)/p+1. The fourth-order valence-corrected chi connectivity index (χ4v) is 3.71. The summed E-state index contributed by atoms with van der Waals surface area (Å²) in [4.78, 5) is 31.2. The lowest BCUT2D eigenvalue weighted by atomic mass is 9.96. The first-order chi connectivity index (χ1) is 14.1. The number of para-hydroxylation sites is 1. The fourth-order valence-electron chi connectivity index (χ4n) is 3.71. The van der Waals surface area contributed by atoms with Crippen molar-refractivity contribution < 1.29 is 19.2 Å². The second-order valence-corrected chi connectivity index (χ2v) is 7.40. The normalized spacial score (nSPS) is 15.6. The van der Waals surface area contributed by atoms with Gasteiger partial charge in [0.25, 0.3) is 5.91 Å². The number of carbonyl (C=O) groups is 2. The van der Waals surface area contributed by atoms with Crippen LogP contribution in [0.15, 0.2) is 54.6 Å². The Kier molecular flexibility index (Phi) is 5.53. The second kappa shape index (κ2) is 8.41. The molecule has 2 N–H and O–H groups in total. The third kappa shape index (κ3) is 4.27. The van der Waals surface area contributed by atoms with Crippen molar-refractivity contribution in [3.63, 3.8) is 0 Å². The van der Waals surface area contributed by atoms with Crippen molar-refractivity contribution >= 4 is 22.8 Å². The first-order valence-electron chi connectivity index (χ1n) is 9.81. The van der Waals surface area contributed by atoms with Crippen LogP contribution in [0.2, 0.25) is 0 Å². The quantitative estimate of drug-likeness (QED) is 0.644. The molecular formula is C23H24N3O3+. The summed E-state index contributed by atoms with van der Waals surface area (Å²) < 4.78 is 5.40. The van der Waals surface area contributed by atoms with Gasteiger partial charge < -0.3 is 15.0 Å². The molecule has 0 fully saturated rings. The maximum absolute atomic E-state index is 13.0. The van der Waals surface area contributed by atoms with Gasteiger partial charge >= 0.3 is 5.97 Å². The Morgan fingerprint density at radius 1 is 1.10 bits per heavy atom. The smallest absolute Gasteiger partial charge is 0.339 e. The van der Waals surface area contributed by atoms with Gasteiger partial charge in [-0.2, -0.15) is 0 Å². The van der Waals surface area contributed by atoms with Crippen LogP contribution in [0.3, 0.4) is 0 Å². The molecule has 6 heteroatoms. The molecule has 4 rings (SSSR count). The molecule has 0 saturated carbocycles. The van der Waals surface area contributed by atoms with E-state index in [1.807, 2.05) is 54.6 Å². The molecule has 29 heavy (non-hydrogen) atoms. The third-order valence-corrected chi connectivity index (χ3v) is 5.22. The first-order valence-corrected chi connectivity index (χ1v) is 9.81. The Morgan fingerprint density at radius 3 is 2.69 bits per heavy atom. The summed E-state index contributed by atoms with van der Waals surface area (Å²) in [6, 6.07) is 17.2. The van der Waals surface area contributed by atoms with E-state index >= 15 is 0 Å². The van der Waals surface area contributed by atoms with Crippen LogP contribution in [0.4, 0.5) is 0 Å². The lowest BCUT2D eigenvalue weighted by Gasteiger charge is -2.24. The highest BCUT2D eigenvalue weighted by molar-refractivity contribution is 6.05. The third-order valence-electron chi connectivity index (χ3n) is 5.22. The largest absolute Gasteiger partial charge is 0.452 e. The molecule has 0 radical (unpaired) electrons. The van der Waals surface area contributed by atoms with Crippen molar-refractivity contribution in [3.05, 3.63) is 77.0 Å². The average molecular weight is 390 g/mol. The van der Waals surface area contributed by atoms with Gasteiger partial charge in [-0.15, -0.1) is 0 Å². The van der Waals surface area contributed by atoms with E-state index in [1.165, 1.54) is 4.90 Å². The van der Waals surface area contributed by atoms with Crippen LogP contribution in [0.1, 0.15) is 27.2 Å². The zero-order valence-corrected chi connectivity index (χ0v) is 16.4. The molecule has 1 unspecified atom stereocenters. The highest BCUT2D eigenvalue weighted by Crippen LogP contribution is 2.25. The van der Waals surface area contributed by atoms with Crippen molar-refractivity contribution in [2.75, 3.05) is 20.2 Å². The minimum Gasteiger partial charge on any atom is -0.452 e. The number of likely N-dealkylation sites (N-methyl/N-ethyl adjacent to an activating group) is 1. The fraction of sp³-hybridized carbons (Fsp3) is 0.261. The number of hydrogen-bond acceptors (Lipinski definition) is 4. The van der Waals surface area contributed by atoms with Gasteiger partial charge in [-0.25, -0.2) is 4.79 Å². The van der Waals surface area contributed by atoms with Crippen LogP contribution < -0.4 is 10.2 Å². The maximum Gasteiger partial charge on any atom is 0.339 e. The van der Waals surface area contributed by atoms with Crippen LogP contribution >= 0.6 is 0 Å². The zero-order valence-electron chi connectivity index (χ0n) is 16.4. The molecule has 0 spiro atoms.